The van der Waals surface area contributed by atoms with E-state index >= 15 is 0 Å². The summed E-state index contributed by atoms with van der Waals surface area (Å²) in [6.07, 6.45) is 1.14. The number of ether oxygens (including phenoxy) is 3. The molecule has 0 saturated carbocycles. The maximum atomic E-state index is 12.9. The summed E-state index contributed by atoms with van der Waals surface area (Å²) in [6.45, 7) is 1.13. The van der Waals surface area contributed by atoms with Crippen molar-refractivity contribution in [2.75, 3.05) is 13.2 Å². The molecule has 8 heteroatoms. The number of esters is 1. The Bertz CT molecular complexity index is 1080. The van der Waals surface area contributed by atoms with Crippen LogP contribution >= 0.6 is 0 Å². The van der Waals surface area contributed by atoms with Crippen LogP contribution in [0.25, 0.3) is 11.3 Å². The molecule has 2 N–H and O–H groups in total. The molecule has 8 nitrogen and oxygen atoms in total. The lowest BCUT2D eigenvalue weighted by atomic mass is 10.1. The highest BCUT2D eigenvalue weighted by atomic mass is 16.5. The zero-order valence-electron chi connectivity index (χ0n) is 16.4. The van der Waals surface area contributed by atoms with E-state index in [4.69, 9.17) is 19.9 Å². The number of benzene rings is 2. The van der Waals surface area contributed by atoms with Crippen LogP contribution < -0.4 is 15.2 Å². The van der Waals surface area contributed by atoms with Gasteiger partial charge in [0.05, 0.1) is 13.2 Å². The molecule has 3 aromatic rings. The van der Waals surface area contributed by atoms with Crippen molar-refractivity contribution in [3.63, 3.8) is 0 Å². The molecule has 1 amide bonds. The molecular formula is C22H21N3O5. The lowest BCUT2D eigenvalue weighted by Crippen LogP contribution is -2.26. The number of nitrogens with two attached hydrogens (primary N) is 1. The van der Waals surface area contributed by atoms with Crippen LogP contribution in [-0.4, -0.2) is 34.9 Å². The lowest BCUT2D eigenvalue weighted by molar-refractivity contribution is -0.127. The molecule has 1 atom stereocenters. The van der Waals surface area contributed by atoms with Crippen LogP contribution in [0.3, 0.4) is 0 Å². The minimum atomic E-state index is -1.20. The fraction of sp³-hybridized carbons (Fsp3) is 0.227. The van der Waals surface area contributed by atoms with Gasteiger partial charge in [0.25, 0.3) is 5.91 Å². The normalized spacial score (nSPS) is 13.9. The van der Waals surface area contributed by atoms with Crippen LogP contribution in [0.1, 0.15) is 28.4 Å². The number of primary amides is 1. The van der Waals surface area contributed by atoms with E-state index in [0.29, 0.717) is 41.5 Å². The topological polar surface area (TPSA) is 106 Å². The summed E-state index contributed by atoms with van der Waals surface area (Å²) < 4.78 is 18.4. The average Bonchev–Trinajstić information content (AvgIpc) is 2.99. The summed E-state index contributed by atoms with van der Waals surface area (Å²) in [4.78, 5) is 24.9. The fourth-order valence-corrected chi connectivity index (χ4v) is 3.25. The fourth-order valence-electron chi connectivity index (χ4n) is 3.25. The van der Waals surface area contributed by atoms with Crippen molar-refractivity contribution in [1.29, 1.82) is 0 Å². The molecular weight excluding hydrogens is 386 g/mol. The van der Waals surface area contributed by atoms with Gasteiger partial charge in [0.1, 0.15) is 11.3 Å². The lowest BCUT2D eigenvalue weighted by Gasteiger charge is -2.15. The molecule has 154 valence electrons. The molecule has 0 radical (unpaired) electrons. The average molecular weight is 407 g/mol. The third kappa shape index (κ3) is 3.98. The number of nitrogens with zero attached hydrogens (tertiary/aromatic N) is 2. The van der Waals surface area contributed by atoms with E-state index in [1.54, 1.807) is 61.8 Å². The van der Waals surface area contributed by atoms with Crippen LogP contribution in [-0.2, 0) is 16.6 Å². The van der Waals surface area contributed by atoms with Gasteiger partial charge >= 0.3 is 5.97 Å². The number of amides is 1. The number of carbonyl (C=O) groups is 2. The molecule has 4 rings (SSSR count). The minimum Gasteiger partial charge on any atom is -0.490 e. The Morgan fingerprint density at radius 1 is 1.10 bits per heavy atom. The highest BCUT2D eigenvalue weighted by Gasteiger charge is 2.27. The summed E-state index contributed by atoms with van der Waals surface area (Å²) in [6, 6.07) is 14.0. The molecule has 2 aromatic carbocycles. The quantitative estimate of drug-likeness (QED) is 0.652. The summed E-state index contributed by atoms with van der Waals surface area (Å²) >= 11 is 0. The van der Waals surface area contributed by atoms with E-state index < -0.39 is 18.0 Å². The molecule has 0 bridgehead atoms. The van der Waals surface area contributed by atoms with E-state index in [0.717, 1.165) is 6.42 Å². The predicted molar refractivity (Wildman–Crippen MR) is 108 cm³/mol. The van der Waals surface area contributed by atoms with Crippen LogP contribution in [0.5, 0.6) is 11.5 Å². The van der Waals surface area contributed by atoms with Gasteiger partial charge in [-0.05, 0) is 18.2 Å². The van der Waals surface area contributed by atoms with Crippen molar-refractivity contribution in [2.24, 2.45) is 12.8 Å². The zero-order chi connectivity index (χ0) is 21.1. The maximum absolute atomic E-state index is 12.9. The Balaban J connectivity index is 1.65. The van der Waals surface area contributed by atoms with E-state index in [1.165, 1.54) is 4.68 Å². The first-order chi connectivity index (χ1) is 14.5. The first-order valence-corrected chi connectivity index (χ1v) is 9.52. The Labute approximate surface area is 173 Å². The number of hydrogen-bond acceptors (Lipinski definition) is 6. The van der Waals surface area contributed by atoms with Gasteiger partial charge in [0.2, 0.25) is 6.10 Å². The molecule has 2 heterocycles. The third-order valence-electron chi connectivity index (χ3n) is 4.66. The van der Waals surface area contributed by atoms with Crippen molar-refractivity contribution in [1.82, 2.24) is 9.78 Å². The van der Waals surface area contributed by atoms with Crippen molar-refractivity contribution < 1.29 is 23.8 Å². The second-order valence-electron chi connectivity index (χ2n) is 6.88. The molecule has 0 spiro atoms. The van der Waals surface area contributed by atoms with Crippen molar-refractivity contribution in [3.05, 3.63) is 65.9 Å². The van der Waals surface area contributed by atoms with Gasteiger partial charge in [-0.25, -0.2) is 4.79 Å². The van der Waals surface area contributed by atoms with Crippen LogP contribution in [0.4, 0.5) is 0 Å². The number of aromatic nitrogens is 2. The van der Waals surface area contributed by atoms with Gasteiger partial charge < -0.3 is 19.9 Å². The molecule has 0 aliphatic carbocycles. The first-order valence-electron chi connectivity index (χ1n) is 9.52. The third-order valence-corrected chi connectivity index (χ3v) is 4.66. The van der Waals surface area contributed by atoms with Gasteiger partial charge in [0.15, 0.2) is 11.5 Å². The van der Waals surface area contributed by atoms with Crippen LogP contribution in [0.2, 0.25) is 0 Å². The van der Waals surface area contributed by atoms with E-state index in [2.05, 4.69) is 5.10 Å². The molecule has 1 aliphatic heterocycles. The number of hydrogen-bond donors (Lipinski definition) is 1. The highest BCUT2D eigenvalue weighted by molar-refractivity contribution is 5.97. The molecule has 0 fully saturated rings. The number of rotatable bonds is 5. The molecule has 1 unspecified atom stereocenters. The van der Waals surface area contributed by atoms with Gasteiger partial charge in [-0.2, -0.15) is 5.10 Å². The molecule has 30 heavy (non-hydrogen) atoms. The number of fused-ring (bicyclic) bond motifs is 1. The zero-order valence-corrected chi connectivity index (χ0v) is 16.4. The Morgan fingerprint density at radius 2 is 1.83 bits per heavy atom. The second-order valence-corrected chi connectivity index (χ2v) is 6.88. The van der Waals surface area contributed by atoms with Gasteiger partial charge in [0, 0.05) is 30.8 Å². The molecule has 1 aliphatic rings. The van der Waals surface area contributed by atoms with Crippen LogP contribution in [0, 0.1) is 0 Å². The minimum absolute atomic E-state index is 0.217. The number of carbonyl (C=O) groups excluding carboxylic acids is 2. The SMILES string of the molecule is Cn1cc(C(=O)OC(C(N)=O)c2ccccc2)c(-c2ccc3c(c2)OCCCO3)n1. The van der Waals surface area contributed by atoms with Crippen molar-refractivity contribution in [3.8, 4) is 22.8 Å². The van der Waals surface area contributed by atoms with Crippen molar-refractivity contribution >= 4 is 11.9 Å². The van der Waals surface area contributed by atoms with Gasteiger partial charge in [-0.1, -0.05) is 30.3 Å². The predicted octanol–water partition coefficient (Wildman–Crippen LogP) is 2.63. The standard InChI is InChI=1S/C22H21N3O5/c1-25-13-16(22(27)30-20(21(23)26)14-6-3-2-4-7-14)19(24-25)15-8-9-17-18(12-15)29-11-5-10-28-17/h2-4,6-9,12-13,20H,5,10-11H2,1H3,(H2,23,26). The molecule has 0 saturated heterocycles. The van der Waals surface area contributed by atoms with Gasteiger partial charge in [-0.15, -0.1) is 0 Å². The summed E-state index contributed by atoms with van der Waals surface area (Å²) in [5.41, 5.74) is 7.27. The molecule has 1 aromatic heterocycles. The number of aryl methyl sites for hydroxylation is 1. The summed E-state index contributed by atoms with van der Waals surface area (Å²) in [7, 11) is 1.70. The maximum Gasteiger partial charge on any atom is 0.343 e. The first kappa shape index (κ1) is 19.5. The Kier molecular flexibility index (Phi) is 5.38. The Morgan fingerprint density at radius 3 is 2.57 bits per heavy atom. The van der Waals surface area contributed by atoms with E-state index in [-0.39, 0.29) is 5.56 Å². The highest BCUT2D eigenvalue weighted by Crippen LogP contribution is 2.35. The monoisotopic (exact) mass is 407 g/mol. The van der Waals surface area contributed by atoms with E-state index in [1.807, 2.05) is 0 Å². The summed E-state index contributed by atoms with van der Waals surface area (Å²) in [5, 5.41) is 4.40. The second kappa shape index (κ2) is 8.28. The largest absolute Gasteiger partial charge is 0.490 e. The summed E-state index contributed by atoms with van der Waals surface area (Å²) in [5.74, 6) is -0.211. The Hall–Kier alpha value is -3.81. The van der Waals surface area contributed by atoms with Crippen LogP contribution in [0.15, 0.2) is 54.7 Å². The van der Waals surface area contributed by atoms with Crippen molar-refractivity contribution in [2.45, 2.75) is 12.5 Å². The van der Waals surface area contributed by atoms with Gasteiger partial charge in [-0.3, -0.25) is 9.48 Å². The smallest absolute Gasteiger partial charge is 0.343 e. The van der Waals surface area contributed by atoms with E-state index in [9.17, 15) is 9.59 Å².